The minimum absolute atomic E-state index is 0.231. The summed E-state index contributed by atoms with van der Waals surface area (Å²) in [5.41, 5.74) is 0. The third kappa shape index (κ3) is 5.90. The van der Waals surface area contributed by atoms with E-state index in [2.05, 4.69) is 46.8 Å². The van der Waals surface area contributed by atoms with Gasteiger partial charge in [-0.2, -0.15) is 0 Å². The summed E-state index contributed by atoms with van der Waals surface area (Å²) in [6.45, 7) is 8.74. The van der Waals surface area contributed by atoms with E-state index in [1.807, 2.05) is 6.07 Å². The Hall–Kier alpha value is -2.75. The molecule has 10 heteroatoms. The Kier molecular flexibility index (Phi) is 7.65. The molecule has 2 aromatic heterocycles. The Labute approximate surface area is 183 Å². The van der Waals surface area contributed by atoms with Crippen LogP contribution in [0.4, 0.5) is 5.95 Å². The third-order valence-electron chi connectivity index (χ3n) is 5.78. The van der Waals surface area contributed by atoms with Crippen LogP contribution < -0.4 is 10.2 Å². The Bertz CT molecular complexity index is 811. The number of nitrogens with one attached hydrogen (secondary N) is 1. The molecule has 10 nitrogen and oxygen atoms in total. The van der Waals surface area contributed by atoms with Crippen molar-refractivity contribution >= 4 is 11.9 Å². The molecule has 0 radical (unpaired) electrons. The summed E-state index contributed by atoms with van der Waals surface area (Å²) in [7, 11) is 0. The molecule has 0 spiro atoms. The van der Waals surface area contributed by atoms with Crippen LogP contribution >= 0.6 is 0 Å². The molecular formula is C21H33N9O. The van der Waals surface area contributed by atoms with Crippen molar-refractivity contribution < 1.29 is 4.74 Å². The summed E-state index contributed by atoms with van der Waals surface area (Å²) in [4.78, 5) is 18.3. The van der Waals surface area contributed by atoms with Gasteiger partial charge in [-0.05, 0) is 25.3 Å². The summed E-state index contributed by atoms with van der Waals surface area (Å²) in [5.74, 6) is 2.75. The molecule has 2 fully saturated rings. The van der Waals surface area contributed by atoms with Gasteiger partial charge in [0.05, 0.1) is 12.6 Å². The topological polar surface area (TPSA) is 96.6 Å². The number of piperazine rings is 1. The van der Waals surface area contributed by atoms with Crippen LogP contribution in [-0.4, -0.2) is 87.6 Å². The summed E-state index contributed by atoms with van der Waals surface area (Å²) >= 11 is 0. The van der Waals surface area contributed by atoms with E-state index in [0.717, 1.165) is 82.9 Å². The van der Waals surface area contributed by atoms with E-state index in [1.54, 1.807) is 18.7 Å². The van der Waals surface area contributed by atoms with E-state index in [0.29, 0.717) is 6.54 Å². The van der Waals surface area contributed by atoms with Gasteiger partial charge in [0.25, 0.3) is 0 Å². The highest BCUT2D eigenvalue weighted by atomic mass is 16.5. The fraction of sp³-hybridized carbons (Fsp3) is 0.667. The number of rotatable bonds is 7. The van der Waals surface area contributed by atoms with E-state index in [-0.39, 0.29) is 6.10 Å². The lowest BCUT2D eigenvalue weighted by Gasteiger charge is -2.36. The second-order valence-corrected chi connectivity index (χ2v) is 7.90. The zero-order valence-electron chi connectivity index (χ0n) is 18.4. The van der Waals surface area contributed by atoms with Crippen molar-refractivity contribution in [3.8, 4) is 0 Å². The zero-order valence-corrected chi connectivity index (χ0v) is 18.4. The van der Waals surface area contributed by atoms with Gasteiger partial charge in [0.2, 0.25) is 5.95 Å². The first-order valence-electron chi connectivity index (χ1n) is 11.4. The normalized spacial score (nSPS) is 20.2. The molecule has 1 atom stereocenters. The second kappa shape index (κ2) is 11.0. The Morgan fingerprint density at radius 3 is 2.77 bits per heavy atom. The van der Waals surface area contributed by atoms with Gasteiger partial charge in [-0.25, -0.2) is 9.97 Å². The second-order valence-electron chi connectivity index (χ2n) is 7.90. The monoisotopic (exact) mass is 427 g/mol. The Morgan fingerprint density at radius 1 is 1.19 bits per heavy atom. The first-order valence-corrected chi connectivity index (χ1v) is 11.4. The average molecular weight is 428 g/mol. The van der Waals surface area contributed by atoms with Gasteiger partial charge < -0.3 is 24.4 Å². The summed E-state index contributed by atoms with van der Waals surface area (Å²) in [6.07, 6.45) is 9.98. The molecule has 1 unspecified atom stereocenters. The third-order valence-corrected chi connectivity index (χ3v) is 5.78. The van der Waals surface area contributed by atoms with Gasteiger partial charge in [0.15, 0.2) is 5.96 Å². The first kappa shape index (κ1) is 21.5. The predicted molar refractivity (Wildman–Crippen MR) is 119 cm³/mol. The number of aryl methyl sites for hydroxylation is 1. The summed E-state index contributed by atoms with van der Waals surface area (Å²) < 4.78 is 7.98. The van der Waals surface area contributed by atoms with Crippen LogP contribution in [0.15, 0.2) is 29.8 Å². The van der Waals surface area contributed by atoms with Crippen LogP contribution in [0.3, 0.4) is 0 Å². The van der Waals surface area contributed by atoms with Crippen LogP contribution in [0.5, 0.6) is 0 Å². The van der Waals surface area contributed by atoms with Gasteiger partial charge >= 0.3 is 0 Å². The molecule has 2 aromatic rings. The molecule has 2 aliphatic heterocycles. The minimum atomic E-state index is 0.231. The lowest BCUT2D eigenvalue weighted by Crippen LogP contribution is -2.53. The summed E-state index contributed by atoms with van der Waals surface area (Å²) in [5, 5.41) is 11.8. The molecule has 2 aliphatic rings. The van der Waals surface area contributed by atoms with E-state index in [9.17, 15) is 0 Å². The van der Waals surface area contributed by atoms with Crippen LogP contribution in [0, 0.1) is 0 Å². The molecule has 4 rings (SSSR count). The number of guanidine groups is 1. The SMILES string of the molecule is CCc1nncn1CCNC(=NCC1CCCCO1)N1CCN(c2ncccn2)CC1. The minimum Gasteiger partial charge on any atom is -0.376 e. The van der Waals surface area contributed by atoms with Crippen LogP contribution in [0.2, 0.25) is 0 Å². The molecule has 0 bridgehead atoms. The standard InChI is InChI=1S/C21H33N9O/c1-2-19-27-26-17-30(19)10-9-24-21(25-16-18-6-3-4-15-31-18)29-13-11-28(12-14-29)20-22-7-5-8-23-20/h5,7-8,17-18H,2-4,6,9-16H2,1H3,(H,24,25). The molecule has 2 saturated heterocycles. The zero-order chi connectivity index (χ0) is 21.3. The van der Waals surface area contributed by atoms with E-state index >= 15 is 0 Å². The van der Waals surface area contributed by atoms with Gasteiger partial charge in [-0.3, -0.25) is 4.99 Å². The highest BCUT2D eigenvalue weighted by Gasteiger charge is 2.22. The molecule has 4 heterocycles. The smallest absolute Gasteiger partial charge is 0.225 e. The number of anilines is 1. The lowest BCUT2D eigenvalue weighted by atomic mass is 10.1. The van der Waals surface area contributed by atoms with Crippen molar-refractivity contribution in [3.63, 3.8) is 0 Å². The first-order chi connectivity index (χ1) is 15.3. The average Bonchev–Trinajstić information content (AvgIpc) is 3.30. The van der Waals surface area contributed by atoms with Crippen molar-refractivity contribution in [1.29, 1.82) is 0 Å². The van der Waals surface area contributed by atoms with Crippen molar-refractivity contribution in [1.82, 2.24) is 34.9 Å². The number of hydrogen-bond acceptors (Lipinski definition) is 7. The molecule has 0 amide bonds. The van der Waals surface area contributed by atoms with Gasteiger partial charge in [0, 0.05) is 64.7 Å². The maximum atomic E-state index is 5.89. The van der Waals surface area contributed by atoms with E-state index < -0.39 is 0 Å². The van der Waals surface area contributed by atoms with Crippen molar-refractivity contribution in [2.45, 2.75) is 45.3 Å². The van der Waals surface area contributed by atoms with Crippen LogP contribution in [0.1, 0.15) is 32.0 Å². The number of aliphatic imine (C=N–C) groups is 1. The highest BCUT2D eigenvalue weighted by molar-refractivity contribution is 5.80. The Balaban J connectivity index is 1.36. The quantitative estimate of drug-likeness (QED) is 0.516. The highest BCUT2D eigenvalue weighted by Crippen LogP contribution is 2.14. The maximum Gasteiger partial charge on any atom is 0.225 e. The van der Waals surface area contributed by atoms with Crippen molar-refractivity contribution in [2.75, 3.05) is 50.8 Å². The molecule has 0 aliphatic carbocycles. The lowest BCUT2D eigenvalue weighted by molar-refractivity contribution is 0.0223. The van der Waals surface area contributed by atoms with Crippen LogP contribution in [-0.2, 0) is 17.7 Å². The van der Waals surface area contributed by atoms with Crippen molar-refractivity contribution in [3.05, 3.63) is 30.6 Å². The van der Waals surface area contributed by atoms with Gasteiger partial charge in [-0.15, -0.1) is 10.2 Å². The predicted octanol–water partition coefficient (Wildman–Crippen LogP) is 0.967. The molecule has 0 aromatic carbocycles. The number of hydrogen-bond donors (Lipinski definition) is 1. The molecule has 0 saturated carbocycles. The number of nitrogens with zero attached hydrogens (tertiary/aromatic N) is 8. The van der Waals surface area contributed by atoms with Crippen molar-refractivity contribution in [2.24, 2.45) is 4.99 Å². The molecule has 1 N–H and O–H groups in total. The van der Waals surface area contributed by atoms with E-state index in [1.165, 1.54) is 6.42 Å². The van der Waals surface area contributed by atoms with Gasteiger partial charge in [-0.1, -0.05) is 6.92 Å². The Morgan fingerprint density at radius 2 is 2.03 bits per heavy atom. The van der Waals surface area contributed by atoms with E-state index in [4.69, 9.17) is 9.73 Å². The van der Waals surface area contributed by atoms with Gasteiger partial charge in [0.1, 0.15) is 12.2 Å². The largest absolute Gasteiger partial charge is 0.376 e. The maximum absolute atomic E-state index is 5.89. The number of ether oxygens (including phenoxy) is 1. The molecule has 31 heavy (non-hydrogen) atoms. The fourth-order valence-electron chi connectivity index (χ4n) is 4.01. The number of aromatic nitrogens is 5. The summed E-state index contributed by atoms with van der Waals surface area (Å²) in [6, 6.07) is 1.85. The molecular weight excluding hydrogens is 394 g/mol. The fourth-order valence-corrected chi connectivity index (χ4v) is 4.01. The van der Waals surface area contributed by atoms with Crippen LogP contribution in [0.25, 0.3) is 0 Å². The molecule has 168 valence electrons.